The number of hydrazine groups is 1. The van der Waals surface area contributed by atoms with Gasteiger partial charge < -0.3 is 9.47 Å². The zero-order valence-electron chi connectivity index (χ0n) is 15.2. The minimum absolute atomic E-state index is 0.0234. The summed E-state index contributed by atoms with van der Waals surface area (Å²) in [5, 5.41) is 0. The third-order valence-corrected chi connectivity index (χ3v) is 7.54. The Morgan fingerprint density at radius 1 is 1.11 bits per heavy atom. The topological polar surface area (TPSA) is 120 Å². The van der Waals surface area contributed by atoms with Crippen molar-refractivity contribution in [2.24, 2.45) is 0 Å². The Bertz CT molecular complexity index is 1180. The van der Waals surface area contributed by atoms with Crippen molar-refractivity contribution >= 4 is 20.0 Å². The zero-order chi connectivity index (χ0) is 20.3. The van der Waals surface area contributed by atoms with Crippen molar-refractivity contribution in [2.45, 2.75) is 41.0 Å². The van der Waals surface area contributed by atoms with Crippen molar-refractivity contribution in [2.75, 3.05) is 7.11 Å². The van der Waals surface area contributed by atoms with E-state index in [0.29, 0.717) is 5.56 Å². The van der Waals surface area contributed by atoms with Crippen LogP contribution in [0.3, 0.4) is 0 Å². The molecular formula is C17H18N2O7S2. The van der Waals surface area contributed by atoms with Crippen LogP contribution in [-0.2, 0) is 28.9 Å². The van der Waals surface area contributed by atoms with E-state index in [1.54, 1.807) is 19.9 Å². The van der Waals surface area contributed by atoms with Crippen molar-refractivity contribution in [3.8, 4) is 11.5 Å². The molecule has 2 aliphatic rings. The molecule has 11 heteroatoms. The molecule has 1 fully saturated rings. The third-order valence-electron chi connectivity index (χ3n) is 4.48. The van der Waals surface area contributed by atoms with Gasteiger partial charge in [-0.2, -0.15) is 8.42 Å². The second-order valence-corrected chi connectivity index (χ2v) is 10.0. The van der Waals surface area contributed by atoms with Crippen LogP contribution in [0.1, 0.15) is 24.3 Å². The van der Waals surface area contributed by atoms with E-state index in [1.807, 2.05) is 0 Å². The molecule has 2 atom stereocenters. The van der Waals surface area contributed by atoms with Gasteiger partial charge >= 0.3 is 10.1 Å². The molecule has 0 spiro atoms. The molecule has 0 bridgehead atoms. The molecule has 0 aliphatic carbocycles. The van der Waals surface area contributed by atoms with Gasteiger partial charge in [0.25, 0.3) is 0 Å². The molecular weight excluding hydrogens is 408 g/mol. The Hall–Kier alpha value is -2.02. The number of hydrogen-bond acceptors (Lipinski definition) is 9. The van der Waals surface area contributed by atoms with E-state index in [4.69, 9.17) is 9.47 Å². The van der Waals surface area contributed by atoms with E-state index in [-0.39, 0.29) is 32.4 Å². The first-order chi connectivity index (χ1) is 13.1. The summed E-state index contributed by atoms with van der Waals surface area (Å²) < 4.78 is 67.5. The van der Waals surface area contributed by atoms with Gasteiger partial charge in [-0.05, 0) is 49.2 Å². The number of fused-ring (bicyclic) bond motifs is 2. The number of nitrogens with one attached hydrogen (secondary N) is 2. The fourth-order valence-electron chi connectivity index (χ4n) is 3.09. The second kappa shape index (κ2) is 6.51. The van der Waals surface area contributed by atoms with Gasteiger partial charge in [-0.15, -0.1) is 0 Å². The first-order valence-electron chi connectivity index (χ1n) is 8.32. The molecule has 2 aromatic rings. The Labute approximate surface area is 162 Å². The van der Waals surface area contributed by atoms with Gasteiger partial charge in [-0.3, -0.25) is 4.18 Å². The van der Waals surface area contributed by atoms with Crippen molar-refractivity contribution < 1.29 is 30.5 Å². The van der Waals surface area contributed by atoms with Gasteiger partial charge in [0.1, 0.15) is 32.9 Å². The van der Waals surface area contributed by atoms with Crippen molar-refractivity contribution in [3.63, 3.8) is 0 Å². The zero-order valence-corrected chi connectivity index (χ0v) is 16.8. The standard InChI is InChI=1S/C17H18N2O7S2/c1-9-4-5-12-13(6-9)27(20,21)14-7-11(17-19-18-10(2)25-17)8-15(16(14)26-12)28(22,23)24-3/h4-8,10,17-19H,1-3H3. The molecule has 28 heavy (non-hydrogen) atoms. The number of ether oxygens (including phenoxy) is 2. The van der Waals surface area contributed by atoms with Crippen LogP contribution in [0.4, 0.5) is 0 Å². The molecule has 2 heterocycles. The maximum atomic E-state index is 13.3. The fraction of sp³-hybridized carbons (Fsp3) is 0.294. The van der Waals surface area contributed by atoms with Crippen LogP contribution in [0.5, 0.6) is 11.5 Å². The molecule has 150 valence electrons. The van der Waals surface area contributed by atoms with Gasteiger partial charge in [0.05, 0.1) is 7.11 Å². The molecule has 0 aromatic heterocycles. The highest BCUT2D eigenvalue weighted by Crippen LogP contribution is 2.47. The van der Waals surface area contributed by atoms with Crippen molar-refractivity contribution in [1.29, 1.82) is 0 Å². The lowest BCUT2D eigenvalue weighted by atomic mass is 10.2. The van der Waals surface area contributed by atoms with Gasteiger partial charge in [-0.1, -0.05) is 6.07 Å². The Morgan fingerprint density at radius 2 is 1.86 bits per heavy atom. The van der Waals surface area contributed by atoms with Crippen molar-refractivity contribution in [1.82, 2.24) is 10.9 Å². The highest BCUT2D eigenvalue weighted by molar-refractivity contribution is 7.92. The van der Waals surface area contributed by atoms with Gasteiger partial charge in [0.2, 0.25) is 9.84 Å². The Balaban J connectivity index is 2.00. The molecule has 2 aliphatic heterocycles. The summed E-state index contributed by atoms with van der Waals surface area (Å²) in [4.78, 5) is -0.671. The molecule has 9 nitrogen and oxygen atoms in total. The lowest BCUT2D eigenvalue weighted by Gasteiger charge is -2.24. The Kier molecular flexibility index (Phi) is 4.49. The van der Waals surface area contributed by atoms with Gasteiger partial charge in [0.15, 0.2) is 5.75 Å². The first kappa shape index (κ1) is 19.3. The number of rotatable bonds is 3. The van der Waals surface area contributed by atoms with Crippen molar-refractivity contribution in [3.05, 3.63) is 41.5 Å². The summed E-state index contributed by atoms with van der Waals surface area (Å²) in [6.45, 7) is 3.50. The fourth-order valence-corrected chi connectivity index (χ4v) is 5.63. The van der Waals surface area contributed by atoms with Crippen LogP contribution in [0, 0.1) is 6.92 Å². The van der Waals surface area contributed by atoms with Crippen LogP contribution < -0.4 is 15.6 Å². The quantitative estimate of drug-likeness (QED) is 0.603. The number of aryl methyl sites for hydroxylation is 1. The largest absolute Gasteiger partial charge is 0.453 e. The molecule has 0 amide bonds. The summed E-state index contributed by atoms with van der Waals surface area (Å²) in [6.07, 6.45) is -1.10. The molecule has 0 radical (unpaired) electrons. The average Bonchev–Trinajstić information content (AvgIpc) is 3.08. The van der Waals surface area contributed by atoms with Gasteiger partial charge in [0, 0.05) is 0 Å². The summed E-state index contributed by atoms with van der Waals surface area (Å²) in [6, 6.07) is 7.29. The molecule has 1 saturated heterocycles. The minimum Gasteiger partial charge on any atom is -0.453 e. The van der Waals surface area contributed by atoms with Crippen LogP contribution in [0.15, 0.2) is 45.0 Å². The van der Waals surface area contributed by atoms with E-state index in [2.05, 4.69) is 15.0 Å². The summed E-state index contributed by atoms with van der Waals surface area (Å²) >= 11 is 0. The smallest absolute Gasteiger partial charge is 0.300 e. The number of benzene rings is 2. The van der Waals surface area contributed by atoms with E-state index in [1.165, 1.54) is 24.3 Å². The number of hydrogen-bond donors (Lipinski definition) is 2. The average molecular weight is 426 g/mol. The normalized spacial score (nSPS) is 23.0. The molecule has 2 unspecified atom stereocenters. The third kappa shape index (κ3) is 3.00. The highest BCUT2D eigenvalue weighted by Gasteiger charge is 2.38. The monoisotopic (exact) mass is 426 g/mol. The second-order valence-electron chi connectivity index (χ2n) is 6.47. The Morgan fingerprint density at radius 3 is 2.50 bits per heavy atom. The summed E-state index contributed by atoms with van der Waals surface area (Å²) in [7, 11) is -7.29. The molecule has 4 rings (SSSR count). The van der Waals surface area contributed by atoms with Crippen LogP contribution in [0.25, 0.3) is 0 Å². The van der Waals surface area contributed by atoms with E-state index < -0.39 is 26.2 Å². The molecule has 0 saturated carbocycles. The predicted molar refractivity (Wildman–Crippen MR) is 96.9 cm³/mol. The van der Waals surface area contributed by atoms with Crippen LogP contribution in [0.2, 0.25) is 0 Å². The number of sulfone groups is 1. The maximum Gasteiger partial charge on any atom is 0.300 e. The first-order valence-corrected chi connectivity index (χ1v) is 11.2. The van der Waals surface area contributed by atoms with Crippen LogP contribution in [-0.4, -0.2) is 30.2 Å². The SMILES string of the molecule is COS(=O)(=O)c1cc(C2NNC(C)O2)cc2c1Oc1ccc(C)cc1S2(=O)=O. The summed E-state index contributed by atoms with van der Waals surface area (Å²) in [5.41, 5.74) is 6.70. The lowest BCUT2D eigenvalue weighted by Crippen LogP contribution is -2.29. The lowest BCUT2D eigenvalue weighted by molar-refractivity contribution is 0.0454. The summed E-state index contributed by atoms with van der Waals surface area (Å²) in [5.74, 6) is -0.232. The van der Waals surface area contributed by atoms with E-state index in [9.17, 15) is 16.8 Å². The highest BCUT2D eigenvalue weighted by atomic mass is 32.2. The maximum absolute atomic E-state index is 13.3. The predicted octanol–water partition coefficient (Wildman–Crippen LogP) is 1.74. The van der Waals surface area contributed by atoms with E-state index in [0.717, 1.165) is 12.7 Å². The van der Waals surface area contributed by atoms with E-state index >= 15 is 0 Å². The van der Waals surface area contributed by atoms with Crippen LogP contribution >= 0.6 is 0 Å². The molecule has 2 aromatic carbocycles. The molecule has 2 N–H and O–H groups in total. The van der Waals surface area contributed by atoms with Gasteiger partial charge in [-0.25, -0.2) is 19.3 Å². The minimum atomic E-state index is -4.26.